The molecule has 7 heteroatoms. The van der Waals surface area contributed by atoms with Crippen LogP contribution < -0.4 is 0 Å². The molecule has 0 aliphatic carbocycles. The third kappa shape index (κ3) is 4.99. The van der Waals surface area contributed by atoms with Crippen LogP contribution in [0.5, 0.6) is 5.75 Å². The molecule has 0 fully saturated rings. The zero-order valence-electron chi connectivity index (χ0n) is 20.8. The highest BCUT2D eigenvalue weighted by Gasteiger charge is 2.25. The van der Waals surface area contributed by atoms with Crippen molar-refractivity contribution in [3.05, 3.63) is 105 Å². The molecule has 5 nitrogen and oxygen atoms in total. The molecule has 1 aromatic heterocycles. The molecule has 0 spiro atoms. The Hall–Kier alpha value is -3.28. The summed E-state index contributed by atoms with van der Waals surface area (Å²) in [5.74, 6) is 0.180. The molecule has 0 saturated heterocycles. The van der Waals surface area contributed by atoms with E-state index in [2.05, 4.69) is 0 Å². The van der Waals surface area contributed by atoms with Crippen LogP contribution in [0.1, 0.15) is 52.8 Å². The summed E-state index contributed by atoms with van der Waals surface area (Å²) in [6.45, 7) is 9.22. The number of nitrogens with zero attached hydrogens (tertiary/aromatic N) is 3. The number of carbonyl (C=O) groups excluding carboxylic acids is 1. The average Bonchev–Trinajstić information content (AvgIpc) is 3.14. The lowest BCUT2D eigenvalue weighted by atomic mass is 9.96. The molecule has 0 radical (unpaired) electrons. The number of phenols is 1. The van der Waals surface area contributed by atoms with E-state index in [1.807, 2.05) is 80.9 Å². The van der Waals surface area contributed by atoms with Crippen molar-refractivity contribution >= 4 is 29.1 Å². The van der Waals surface area contributed by atoms with Crippen LogP contribution in [-0.2, 0) is 0 Å². The smallest absolute Gasteiger partial charge is 0.253 e. The van der Waals surface area contributed by atoms with Gasteiger partial charge in [0.1, 0.15) is 11.8 Å². The maximum Gasteiger partial charge on any atom is 0.253 e. The quantitative estimate of drug-likeness (QED) is 0.277. The lowest BCUT2D eigenvalue weighted by molar-refractivity contribution is 0.0773. The van der Waals surface area contributed by atoms with E-state index in [0.717, 1.165) is 33.6 Å². The number of amides is 1. The summed E-state index contributed by atoms with van der Waals surface area (Å²) in [7, 11) is 0. The predicted molar refractivity (Wildman–Crippen MR) is 146 cm³/mol. The minimum absolute atomic E-state index is 0.00577. The van der Waals surface area contributed by atoms with Crippen LogP contribution in [0.25, 0.3) is 11.1 Å². The van der Waals surface area contributed by atoms with Gasteiger partial charge in [0.25, 0.3) is 5.91 Å². The molecule has 0 aliphatic rings. The van der Waals surface area contributed by atoms with Gasteiger partial charge < -0.3 is 10.0 Å². The highest BCUT2D eigenvalue weighted by atomic mass is 35.5. The van der Waals surface area contributed by atoms with E-state index in [4.69, 9.17) is 28.3 Å². The second-order valence-electron chi connectivity index (χ2n) is 8.71. The first kappa shape index (κ1) is 25.8. The number of phenolic OH excluding ortho intramolecular Hbond substituents is 1. The van der Waals surface area contributed by atoms with E-state index >= 15 is 0 Å². The number of carbonyl (C=O) groups is 1. The molecule has 3 aromatic carbocycles. The fraction of sp³-hybridized carbons (Fsp3) is 0.241. The van der Waals surface area contributed by atoms with Crippen molar-refractivity contribution in [1.29, 1.82) is 0 Å². The molecule has 186 valence electrons. The van der Waals surface area contributed by atoms with Gasteiger partial charge in [-0.3, -0.25) is 9.48 Å². The van der Waals surface area contributed by atoms with Crippen LogP contribution in [0, 0.1) is 13.8 Å². The zero-order chi connectivity index (χ0) is 26.0. The lowest BCUT2D eigenvalue weighted by Gasteiger charge is -2.22. The van der Waals surface area contributed by atoms with Crippen molar-refractivity contribution in [1.82, 2.24) is 14.7 Å². The summed E-state index contributed by atoms with van der Waals surface area (Å²) in [6.07, 6.45) is 0. The first-order valence-electron chi connectivity index (χ1n) is 11.9. The number of benzene rings is 3. The van der Waals surface area contributed by atoms with E-state index in [1.165, 1.54) is 0 Å². The minimum Gasteiger partial charge on any atom is -0.508 e. The van der Waals surface area contributed by atoms with E-state index in [1.54, 1.807) is 23.1 Å². The molecule has 1 unspecified atom stereocenters. The van der Waals surface area contributed by atoms with Crippen LogP contribution in [-0.4, -0.2) is 38.8 Å². The monoisotopic (exact) mass is 521 g/mol. The Balaban J connectivity index is 1.84. The van der Waals surface area contributed by atoms with Gasteiger partial charge in [-0.25, -0.2) is 0 Å². The SMILES string of the molecule is CCN(CC)C(=O)c1ccc(C(c2cccc(O)c2)n2nc(C)c(-c3ccc(Cl)cc3Cl)c2C)cc1. The standard InChI is InChI=1S/C29H29Cl2N3O2/c1-5-33(6-2)29(36)21-12-10-20(11-13-21)28(22-8-7-9-24(35)16-22)34-19(4)27(18(3)32-34)25-15-14-23(30)17-26(25)31/h7-17,28,35H,5-6H2,1-4H3. The Labute approximate surface area is 221 Å². The molecule has 1 heterocycles. The van der Waals surface area contributed by atoms with Gasteiger partial charge in [-0.2, -0.15) is 5.10 Å². The van der Waals surface area contributed by atoms with Gasteiger partial charge in [0.2, 0.25) is 0 Å². The largest absolute Gasteiger partial charge is 0.508 e. The predicted octanol–water partition coefficient (Wildman–Crippen LogP) is 7.30. The summed E-state index contributed by atoms with van der Waals surface area (Å²) in [6, 6.07) is 19.9. The van der Waals surface area contributed by atoms with Gasteiger partial charge in [0, 0.05) is 40.5 Å². The Morgan fingerprint density at radius 1 is 0.972 bits per heavy atom. The second-order valence-corrected chi connectivity index (χ2v) is 9.56. The van der Waals surface area contributed by atoms with E-state index < -0.39 is 0 Å². The van der Waals surface area contributed by atoms with Crippen molar-refractivity contribution in [3.63, 3.8) is 0 Å². The summed E-state index contributed by atoms with van der Waals surface area (Å²) in [5.41, 5.74) is 6.00. The highest BCUT2D eigenvalue weighted by Crippen LogP contribution is 2.38. The Morgan fingerprint density at radius 3 is 2.28 bits per heavy atom. The highest BCUT2D eigenvalue weighted by molar-refractivity contribution is 6.36. The number of halogens is 2. The molecule has 1 amide bonds. The molecule has 0 aliphatic heterocycles. The summed E-state index contributed by atoms with van der Waals surface area (Å²) in [5, 5.41) is 16.3. The molecule has 0 saturated carbocycles. The third-order valence-electron chi connectivity index (χ3n) is 6.48. The van der Waals surface area contributed by atoms with E-state index in [0.29, 0.717) is 28.7 Å². The van der Waals surface area contributed by atoms with Crippen LogP contribution in [0.2, 0.25) is 10.0 Å². The number of aryl methyl sites for hydroxylation is 1. The Morgan fingerprint density at radius 2 is 1.67 bits per heavy atom. The summed E-state index contributed by atoms with van der Waals surface area (Å²) >= 11 is 12.7. The normalized spacial score (nSPS) is 11.9. The molecule has 4 rings (SSSR count). The van der Waals surface area contributed by atoms with E-state index in [-0.39, 0.29) is 17.7 Å². The fourth-order valence-corrected chi connectivity index (χ4v) is 5.17. The van der Waals surface area contributed by atoms with Gasteiger partial charge >= 0.3 is 0 Å². The fourth-order valence-electron chi connectivity index (χ4n) is 4.67. The van der Waals surface area contributed by atoms with Crippen molar-refractivity contribution < 1.29 is 9.90 Å². The molecule has 1 atom stereocenters. The molecule has 1 N–H and O–H groups in total. The van der Waals surface area contributed by atoms with Gasteiger partial charge in [-0.15, -0.1) is 0 Å². The first-order chi connectivity index (χ1) is 17.2. The summed E-state index contributed by atoms with van der Waals surface area (Å²) in [4.78, 5) is 14.6. The van der Waals surface area contributed by atoms with Gasteiger partial charge in [-0.05, 0) is 75.2 Å². The van der Waals surface area contributed by atoms with Gasteiger partial charge in [0.15, 0.2) is 0 Å². The second kappa shape index (κ2) is 10.8. The number of aromatic hydroxyl groups is 1. The molecule has 4 aromatic rings. The van der Waals surface area contributed by atoms with Crippen molar-refractivity contribution in [2.45, 2.75) is 33.7 Å². The van der Waals surface area contributed by atoms with Crippen molar-refractivity contribution in [3.8, 4) is 16.9 Å². The molecular formula is C29H29Cl2N3O2. The Kier molecular flexibility index (Phi) is 7.72. The lowest BCUT2D eigenvalue weighted by Crippen LogP contribution is -2.30. The third-order valence-corrected chi connectivity index (χ3v) is 7.03. The molecule has 0 bridgehead atoms. The Bertz CT molecular complexity index is 1390. The summed E-state index contributed by atoms with van der Waals surface area (Å²) < 4.78 is 1.95. The zero-order valence-corrected chi connectivity index (χ0v) is 22.3. The van der Waals surface area contributed by atoms with Gasteiger partial charge in [-0.1, -0.05) is 53.5 Å². The molecule has 36 heavy (non-hydrogen) atoms. The van der Waals surface area contributed by atoms with Crippen LogP contribution in [0.3, 0.4) is 0 Å². The minimum atomic E-state index is -0.326. The number of hydrogen-bond donors (Lipinski definition) is 1. The average molecular weight is 522 g/mol. The van der Waals surface area contributed by atoms with E-state index in [9.17, 15) is 9.90 Å². The maximum absolute atomic E-state index is 12.8. The van der Waals surface area contributed by atoms with Crippen LogP contribution >= 0.6 is 23.2 Å². The number of aromatic nitrogens is 2. The first-order valence-corrected chi connectivity index (χ1v) is 12.7. The van der Waals surface area contributed by atoms with Crippen molar-refractivity contribution in [2.75, 3.05) is 13.1 Å². The molecular weight excluding hydrogens is 493 g/mol. The number of rotatable bonds is 7. The topological polar surface area (TPSA) is 58.4 Å². The van der Waals surface area contributed by atoms with Crippen LogP contribution in [0.4, 0.5) is 0 Å². The van der Waals surface area contributed by atoms with Gasteiger partial charge in [0.05, 0.1) is 10.7 Å². The van der Waals surface area contributed by atoms with Crippen LogP contribution in [0.15, 0.2) is 66.7 Å². The van der Waals surface area contributed by atoms with Crippen molar-refractivity contribution in [2.24, 2.45) is 0 Å². The number of hydrogen-bond acceptors (Lipinski definition) is 3. The maximum atomic E-state index is 12.8.